The zero-order valence-electron chi connectivity index (χ0n) is 9.57. The Bertz CT molecular complexity index is 726. The molecular weight excluding hydrogens is 255 g/mol. The summed E-state index contributed by atoms with van der Waals surface area (Å²) in [5.41, 5.74) is 0.453. The van der Waals surface area contributed by atoms with Gasteiger partial charge in [0.15, 0.2) is 0 Å². The molecule has 2 heterocycles. The van der Waals surface area contributed by atoms with E-state index in [2.05, 4.69) is 15.0 Å². The van der Waals surface area contributed by atoms with Crippen molar-refractivity contribution in [2.24, 2.45) is 0 Å². The van der Waals surface area contributed by atoms with Crippen LogP contribution in [0.5, 0.6) is 0 Å². The van der Waals surface area contributed by atoms with Gasteiger partial charge < -0.3 is 4.98 Å². The maximum Gasteiger partial charge on any atom is 0.432 e. The Hall–Kier alpha value is -2.37. The highest BCUT2D eigenvalue weighted by atomic mass is 19.4. The van der Waals surface area contributed by atoms with E-state index in [1.54, 1.807) is 30.5 Å². The second kappa shape index (κ2) is 4.08. The molecule has 3 nitrogen and oxygen atoms in total. The number of nitrogens with one attached hydrogen (secondary N) is 1. The lowest BCUT2D eigenvalue weighted by atomic mass is 10.1. The molecule has 0 saturated carbocycles. The fourth-order valence-corrected chi connectivity index (χ4v) is 1.90. The number of nitrogens with zero attached hydrogens (tertiary/aromatic N) is 2. The highest BCUT2D eigenvalue weighted by Gasteiger charge is 2.33. The van der Waals surface area contributed by atoms with Crippen molar-refractivity contribution < 1.29 is 13.2 Å². The second-order valence-electron chi connectivity index (χ2n) is 4.02. The van der Waals surface area contributed by atoms with Gasteiger partial charge in [-0.05, 0) is 12.1 Å². The number of pyridine rings is 1. The molecule has 0 atom stereocenters. The van der Waals surface area contributed by atoms with Crippen LogP contribution in [0.4, 0.5) is 13.2 Å². The van der Waals surface area contributed by atoms with Gasteiger partial charge in [-0.2, -0.15) is 13.2 Å². The summed E-state index contributed by atoms with van der Waals surface area (Å²) < 4.78 is 37.6. The number of fused-ring (bicyclic) bond motifs is 1. The molecule has 0 aliphatic rings. The number of aromatic nitrogens is 3. The standard InChI is InChI=1S/C13H8F3N3/c14-13(15,16)11-7-18-12(19-11)9-5-6-17-10-4-2-1-3-8(9)10/h1-7H,(H,18,19). The van der Waals surface area contributed by atoms with Gasteiger partial charge in [-0.25, -0.2) is 4.98 Å². The Morgan fingerprint density at radius 2 is 1.79 bits per heavy atom. The molecule has 0 aliphatic carbocycles. The molecule has 2 aromatic heterocycles. The van der Waals surface area contributed by atoms with Gasteiger partial charge in [0, 0.05) is 17.1 Å². The van der Waals surface area contributed by atoms with E-state index >= 15 is 0 Å². The molecule has 3 aromatic rings. The summed E-state index contributed by atoms with van der Waals surface area (Å²) in [6.07, 6.45) is -2.08. The van der Waals surface area contributed by atoms with Crippen molar-refractivity contribution in [1.82, 2.24) is 15.0 Å². The third-order valence-corrected chi connectivity index (χ3v) is 2.79. The average Bonchev–Trinajstić information content (AvgIpc) is 2.87. The van der Waals surface area contributed by atoms with E-state index in [9.17, 15) is 13.2 Å². The summed E-state index contributed by atoms with van der Waals surface area (Å²) in [7, 11) is 0. The van der Waals surface area contributed by atoms with E-state index in [4.69, 9.17) is 0 Å². The van der Waals surface area contributed by atoms with Crippen LogP contribution in [0.1, 0.15) is 5.69 Å². The Balaban J connectivity index is 2.17. The third-order valence-electron chi connectivity index (χ3n) is 2.79. The molecule has 0 bridgehead atoms. The second-order valence-corrected chi connectivity index (χ2v) is 4.02. The van der Waals surface area contributed by atoms with Crippen LogP contribution in [0.15, 0.2) is 42.7 Å². The minimum Gasteiger partial charge on any atom is -0.334 e. The lowest BCUT2D eigenvalue weighted by molar-refractivity contribution is -0.140. The molecule has 6 heteroatoms. The van der Waals surface area contributed by atoms with Crippen molar-refractivity contribution in [2.45, 2.75) is 6.18 Å². The number of benzene rings is 1. The summed E-state index contributed by atoms with van der Waals surface area (Å²) in [5.74, 6) is 0.186. The number of para-hydroxylation sites is 1. The van der Waals surface area contributed by atoms with Crippen molar-refractivity contribution in [3.05, 3.63) is 48.4 Å². The molecular formula is C13H8F3N3. The van der Waals surface area contributed by atoms with Gasteiger partial charge in [-0.15, -0.1) is 0 Å². The van der Waals surface area contributed by atoms with Gasteiger partial charge in [-0.1, -0.05) is 18.2 Å². The predicted octanol–water partition coefficient (Wildman–Crippen LogP) is 3.64. The van der Waals surface area contributed by atoms with E-state index in [0.717, 1.165) is 11.6 Å². The number of rotatable bonds is 1. The molecule has 19 heavy (non-hydrogen) atoms. The fraction of sp³-hybridized carbons (Fsp3) is 0.0769. The first kappa shape index (κ1) is 11.7. The molecule has 0 aliphatic heterocycles. The zero-order chi connectivity index (χ0) is 13.5. The van der Waals surface area contributed by atoms with Crippen molar-refractivity contribution >= 4 is 10.9 Å². The molecule has 1 aromatic carbocycles. The molecule has 0 fully saturated rings. The Kier molecular flexibility index (Phi) is 2.51. The lowest BCUT2D eigenvalue weighted by Crippen LogP contribution is -2.04. The molecule has 0 radical (unpaired) electrons. The summed E-state index contributed by atoms with van der Waals surface area (Å²) in [4.78, 5) is 10.3. The molecule has 0 spiro atoms. The van der Waals surface area contributed by atoms with Gasteiger partial charge >= 0.3 is 6.18 Å². The van der Waals surface area contributed by atoms with Crippen molar-refractivity contribution in [2.75, 3.05) is 0 Å². The van der Waals surface area contributed by atoms with Crippen LogP contribution in [-0.4, -0.2) is 15.0 Å². The average molecular weight is 263 g/mol. The summed E-state index contributed by atoms with van der Waals surface area (Å²) >= 11 is 0. The van der Waals surface area contributed by atoms with Gasteiger partial charge in [0.2, 0.25) is 0 Å². The number of alkyl halides is 3. The highest BCUT2D eigenvalue weighted by Crippen LogP contribution is 2.31. The molecule has 96 valence electrons. The number of imidazole rings is 1. The summed E-state index contributed by atoms with van der Waals surface area (Å²) in [6, 6.07) is 8.87. The Labute approximate surface area is 106 Å². The monoisotopic (exact) mass is 263 g/mol. The fourth-order valence-electron chi connectivity index (χ4n) is 1.90. The van der Waals surface area contributed by atoms with Crippen molar-refractivity contribution in [1.29, 1.82) is 0 Å². The first-order valence-corrected chi connectivity index (χ1v) is 5.52. The smallest absolute Gasteiger partial charge is 0.334 e. The molecule has 0 amide bonds. The normalized spacial score (nSPS) is 11.9. The Morgan fingerprint density at radius 1 is 1.00 bits per heavy atom. The predicted molar refractivity (Wildman–Crippen MR) is 64.3 cm³/mol. The Morgan fingerprint density at radius 3 is 2.53 bits per heavy atom. The van der Waals surface area contributed by atoms with Crippen LogP contribution in [-0.2, 0) is 6.18 Å². The van der Waals surface area contributed by atoms with Crippen LogP contribution in [0.25, 0.3) is 22.3 Å². The van der Waals surface area contributed by atoms with Crippen LogP contribution in [0.2, 0.25) is 0 Å². The van der Waals surface area contributed by atoms with E-state index < -0.39 is 11.9 Å². The number of H-pyrrole nitrogens is 1. The zero-order valence-corrected chi connectivity index (χ0v) is 9.57. The van der Waals surface area contributed by atoms with Gasteiger partial charge in [0.1, 0.15) is 11.5 Å². The minimum atomic E-state index is -4.42. The highest BCUT2D eigenvalue weighted by molar-refractivity contribution is 5.92. The molecule has 0 saturated heterocycles. The quantitative estimate of drug-likeness (QED) is 0.728. The number of hydrogen-bond acceptors (Lipinski definition) is 2. The first-order valence-electron chi connectivity index (χ1n) is 5.52. The lowest BCUT2D eigenvalue weighted by Gasteiger charge is -2.04. The topological polar surface area (TPSA) is 41.6 Å². The van der Waals surface area contributed by atoms with Gasteiger partial charge in [-0.3, -0.25) is 4.98 Å². The SMILES string of the molecule is FC(F)(F)c1cnc(-c2ccnc3ccccc23)[nH]1. The summed E-state index contributed by atoms with van der Waals surface area (Å²) in [6.45, 7) is 0. The van der Waals surface area contributed by atoms with Crippen LogP contribution in [0.3, 0.4) is 0 Å². The first-order chi connectivity index (χ1) is 9.05. The van der Waals surface area contributed by atoms with Crippen molar-refractivity contribution in [3.63, 3.8) is 0 Å². The maximum absolute atomic E-state index is 12.5. The third kappa shape index (κ3) is 2.05. The van der Waals surface area contributed by atoms with Crippen LogP contribution < -0.4 is 0 Å². The van der Waals surface area contributed by atoms with E-state index in [0.29, 0.717) is 11.1 Å². The van der Waals surface area contributed by atoms with Crippen LogP contribution >= 0.6 is 0 Å². The van der Waals surface area contributed by atoms with E-state index in [-0.39, 0.29) is 5.82 Å². The molecule has 0 unspecified atom stereocenters. The van der Waals surface area contributed by atoms with Gasteiger partial charge in [0.25, 0.3) is 0 Å². The van der Waals surface area contributed by atoms with E-state index in [1.165, 1.54) is 0 Å². The molecule has 1 N–H and O–H groups in total. The number of hydrogen-bond donors (Lipinski definition) is 1. The minimum absolute atomic E-state index is 0.186. The van der Waals surface area contributed by atoms with Crippen molar-refractivity contribution in [3.8, 4) is 11.4 Å². The van der Waals surface area contributed by atoms with Crippen LogP contribution in [0, 0.1) is 0 Å². The molecule has 3 rings (SSSR count). The summed E-state index contributed by atoms with van der Waals surface area (Å²) in [5, 5.41) is 0.757. The number of halogens is 3. The largest absolute Gasteiger partial charge is 0.432 e. The van der Waals surface area contributed by atoms with E-state index in [1.807, 2.05) is 6.07 Å². The maximum atomic E-state index is 12.5. The number of aromatic amines is 1. The van der Waals surface area contributed by atoms with Gasteiger partial charge in [0.05, 0.1) is 11.7 Å².